The molecule has 4 nitrogen and oxygen atoms in total. The van der Waals surface area contributed by atoms with Crippen molar-refractivity contribution in [3.8, 4) is 0 Å². The number of amides is 1. The van der Waals surface area contributed by atoms with Gasteiger partial charge in [0.15, 0.2) is 0 Å². The van der Waals surface area contributed by atoms with Crippen LogP contribution in [0.3, 0.4) is 0 Å². The maximum absolute atomic E-state index is 11.5. The topological polar surface area (TPSA) is 50.4 Å². The molecule has 1 aromatic rings. The molecule has 0 aromatic heterocycles. The van der Waals surface area contributed by atoms with E-state index in [0.717, 1.165) is 18.4 Å². The van der Waals surface area contributed by atoms with E-state index in [-0.39, 0.29) is 18.6 Å². The zero-order valence-electron chi connectivity index (χ0n) is 10.5. The summed E-state index contributed by atoms with van der Waals surface area (Å²) in [6, 6.07) is 9.86. The maximum atomic E-state index is 11.5. The third-order valence-electron chi connectivity index (χ3n) is 3.12. The molecule has 0 atom stereocenters. The molecule has 1 amide bonds. The molecule has 0 bridgehead atoms. The van der Waals surface area contributed by atoms with E-state index in [2.05, 4.69) is 10.8 Å². The van der Waals surface area contributed by atoms with E-state index in [0.29, 0.717) is 6.54 Å². The van der Waals surface area contributed by atoms with Gasteiger partial charge in [0.05, 0.1) is 12.6 Å². The van der Waals surface area contributed by atoms with Crippen molar-refractivity contribution in [2.24, 2.45) is 0 Å². The van der Waals surface area contributed by atoms with Crippen LogP contribution < -0.4 is 10.8 Å². The van der Waals surface area contributed by atoms with Crippen molar-refractivity contribution >= 4 is 5.91 Å². The van der Waals surface area contributed by atoms with Crippen LogP contribution in [0.15, 0.2) is 30.3 Å². The highest BCUT2D eigenvalue weighted by Gasteiger charge is 2.15. The quantitative estimate of drug-likeness (QED) is 0.754. The molecule has 1 saturated carbocycles. The predicted octanol–water partition coefficient (Wildman–Crippen LogP) is 1.77. The van der Waals surface area contributed by atoms with Crippen molar-refractivity contribution in [2.75, 3.05) is 6.54 Å². The van der Waals surface area contributed by atoms with Gasteiger partial charge in [-0.15, -0.1) is 0 Å². The van der Waals surface area contributed by atoms with Gasteiger partial charge in [-0.25, -0.2) is 0 Å². The van der Waals surface area contributed by atoms with Crippen molar-refractivity contribution in [2.45, 2.75) is 38.3 Å². The molecule has 0 spiro atoms. The van der Waals surface area contributed by atoms with E-state index < -0.39 is 0 Å². The van der Waals surface area contributed by atoms with Gasteiger partial charge < -0.3 is 5.32 Å². The fraction of sp³-hybridized carbons (Fsp3) is 0.500. The minimum absolute atomic E-state index is 0.0446. The van der Waals surface area contributed by atoms with E-state index in [1.807, 2.05) is 30.3 Å². The van der Waals surface area contributed by atoms with Crippen LogP contribution in [0, 0.1) is 0 Å². The first kappa shape index (κ1) is 13.1. The van der Waals surface area contributed by atoms with Gasteiger partial charge in [-0.05, 0) is 18.4 Å². The van der Waals surface area contributed by atoms with Crippen molar-refractivity contribution < 1.29 is 9.63 Å². The van der Waals surface area contributed by atoms with Crippen LogP contribution in [0.25, 0.3) is 0 Å². The molecule has 0 heterocycles. The largest absolute Gasteiger partial charge is 0.351 e. The van der Waals surface area contributed by atoms with Gasteiger partial charge in [0.1, 0.15) is 0 Å². The average molecular weight is 248 g/mol. The summed E-state index contributed by atoms with van der Waals surface area (Å²) in [7, 11) is 0. The number of carbonyl (C=O) groups is 1. The highest BCUT2D eigenvalue weighted by Crippen LogP contribution is 2.19. The number of hydroxylamine groups is 1. The van der Waals surface area contributed by atoms with Gasteiger partial charge in [0.25, 0.3) is 0 Å². The molecule has 2 rings (SSSR count). The molecule has 1 aliphatic rings. The molecule has 1 aromatic carbocycles. The Hall–Kier alpha value is -1.39. The lowest BCUT2D eigenvalue weighted by Gasteiger charge is -2.11. The average Bonchev–Trinajstić information content (AvgIpc) is 2.91. The first-order chi connectivity index (χ1) is 8.84. The molecule has 1 aliphatic carbocycles. The molecular formula is C14H20N2O2. The Labute approximate surface area is 108 Å². The molecule has 1 fully saturated rings. The van der Waals surface area contributed by atoms with Crippen LogP contribution in [-0.2, 0) is 16.2 Å². The predicted molar refractivity (Wildman–Crippen MR) is 69.6 cm³/mol. The summed E-state index contributed by atoms with van der Waals surface area (Å²) in [5, 5.41) is 2.84. The van der Waals surface area contributed by atoms with Crippen LogP contribution in [0.5, 0.6) is 0 Å². The van der Waals surface area contributed by atoms with Crippen LogP contribution >= 0.6 is 0 Å². The summed E-state index contributed by atoms with van der Waals surface area (Å²) < 4.78 is 0. The van der Waals surface area contributed by atoms with Crippen LogP contribution in [0.2, 0.25) is 0 Å². The maximum Gasteiger partial charge on any atom is 0.236 e. The Morgan fingerprint density at radius 3 is 2.67 bits per heavy atom. The number of carbonyl (C=O) groups excluding carboxylic acids is 1. The fourth-order valence-corrected chi connectivity index (χ4v) is 2.09. The zero-order chi connectivity index (χ0) is 12.6. The Morgan fingerprint density at radius 1 is 1.22 bits per heavy atom. The molecule has 4 heteroatoms. The molecule has 0 aliphatic heterocycles. The van der Waals surface area contributed by atoms with Crippen molar-refractivity contribution in [1.29, 1.82) is 0 Å². The summed E-state index contributed by atoms with van der Waals surface area (Å²) in [6.07, 6.45) is 4.93. The summed E-state index contributed by atoms with van der Waals surface area (Å²) in [6.45, 7) is 0.772. The van der Waals surface area contributed by atoms with Gasteiger partial charge in [-0.3, -0.25) is 9.63 Å². The molecule has 98 valence electrons. The van der Waals surface area contributed by atoms with Crippen LogP contribution in [0.1, 0.15) is 31.2 Å². The molecule has 2 N–H and O–H groups in total. The normalized spacial score (nSPS) is 15.8. The lowest BCUT2D eigenvalue weighted by molar-refractivity contribution is -0.124. The van der Waals surface area contributed by atoms with Crippen molar-refractivity contribution in [3.63, 3.8) is 0 Å². The minimum atomic E-state index is -0.0446. The SMILES string of the molecule is O=C(CNOC1CCCC1)NCc1ccccc1. The second-order valence-corrected chi connectivity index (χ2v) is 4.61. The lowest BCUT2D eigenvalue weighted by Crippen LogP contribution is -2.35. The molecule has 0 saturated heterocycles. The molecular weight excluding hydrogens is 228 g/mol. The van der Waals surface area contributed by atoms with Gasteiger partial charge in [0.2, 0.25) is 5.91 Å². The Balaban J connectivity index is 1.57. The Bertz CT molecular complexity index is 361. The van der Waals surface area contributed by atoms with Crippen molar-refractivity contribution in [1.82, 2.24) is 10.8 Å². The van der Waals surface area contributed by atoms with Gasteiger partial charge >= 0.3 is 0 Å². The Morgan fingerprint density at radius 2 is 1.94 bits per heavy atom. The van der Waals surface area contributed by atoms with Gasteiger partial charge in [0, 0.05) is 6.54 Å². The number of nitrogens with one attached hydrogen (secondary N) is 2. The molecule has 0 unspecified atom stereocenters. The standard InChI is InChI=1S/C14H20N2O2/c17-14(11-16-18-13-8-4-5-9-13)15-10-12-6-2-1-3-7-12/h1-3,6-7,13,16H,4-5,8-11H2,(H,15,17). The summed E-state index contributed by atoms with van der Waals surface area (Å²) in [5.41, 5.74) is 3.85. The third kappa shape index (κ3) is 4.47. The van der Waals surface area contributed by atoms with E-state index >= 15 is 0 Å². The number of benzene rings is 1. The third-order valence-corrected chi connectivity index (χ3v) is 3.12. The second kappa shape index (κ2) is 7.13. The minimum Gasteiger partial charge on any atom is -0.351 e. The van der Waals surface area contributed by atoms with Crippen LogP contribution in [-0.4, -0.2) is 18.6 Å². The van der Waals surface area contributed by atoms with Crippen LogP contribution in [0.4, 0.5) is 0 Å². The van der Waals surface area contributed by atoms with Crippen molar-refractivity contribution in [3.05, 3.63) is 35.9 Å². The molecule has 0 radical (unpaired) electrons. The van der Waals surface area contributed by atoms with E-state index in [1.54, 1.807) is 0 Å². The van der Waals surface area contributed by atoms with E-state index in [9.17, 15) is 4.79 Å². The lowest BCUT2D eigenvalue weighted by atomic mass is 10.2. The summed E-state index contributed by atoms with van der Waals surface area (Å²) >= 11 is 0. The highest BCUT2D eigenvalue weighted by molar-refractivity contribution is 5.77. The van der Waals surface area contributed by atoms with Gasteiger partial charge in [-0.1, -0.05) is 43.2 Å². The Kier molecular flexibility index (Phi) is 5.17. The van der Waals surface area contributed by atoms with Gasteiger partial charge in [-0.2, -0.15) is 5.48 Å². The fourth-order valence-electron chi connectivity index (χ4n) is 2.09. The smallest absolute Gasteiger partial charge is 0.236 e. The first-order valence-electron chi connectivity index (χ1n) is 6.54. The van der Waals surface area contributed by atoms with E-state index in [1.165, 1.54) is 12.8 Å². The second-order valence-electron chi connectivity index (χ2n) is 4.61. The summed E-state index contributed by atoms with van der Waals surface area (Å²) in [4.78, 5) is 17.0. The number of hydrogen-bond acceptors (Lipinski definition) is 3. The highest BCUT2D eigenvalue weighted by atomic mass is 16.7. The first-order valence-corrected chi connectivity index (χ1v) is 6.54. The van der Waals surface area contributed by atoms with E-state index in [4.69, 9.17) is 4.84 Å². The summed E-state index contributed by atoms with van der Waals surface area (Å²) in [5.74, 6) is -0.0446. The zero-order valence-corrected chi connectivity index (χ0v) is 10.5. The number of hydrogen-bond donors (Lipinski definition) is 2. The number of rotatable bonds is 6. The monoisotopic (exact) mass is 248 g/mol. The molecule has 18 heavy (non-hydrogen) atoms.